The van der Waals surface area contributed by atoms with E-state index in [-0.39, 0.29) is 17.2 Å². The predicted molar refractivity (Wildman–Crippen MR) is 72.9 cm³/mol. The minimum absolute atomic E-state index is 0.190. The number of carbonyl (C=O) groups is 3. The topological polar surface area (TPSA) is 121 Å². The van der Waals surface area contributed by atoms with E-state index in [1.165, 1.54) is 24.3 Å². The van der Waals surface area contributed by atoms with Gasteiger partial charge >= 0.3 is 18.0 Å². The Morgan fingerprint density at radius 2 is 1.35 bits per heavy atom. The van der Waals surface area contributed by atoms with Gasteiger partial charge in [-0.3, -0.25) is 0 Å². The number of rotatable bonds is 4. The minimum Gasteiger partial charge on any atom is -0.478 e. The van der Waals surface area contributed by atoms with E-state index in [1.54, 1.807) is 4.90 Å². The van der Waals surface area contributed by atoms with Gasteiger partial charge < -0.3 is 20.8 Å². The van der Waals surface area contributed by atoms with E-state index in [0.29, 0.717) is 13.1 Å². The first-order chi connectivity index (χ1) is 9.34. The molecule has 0 saturated heterocycles. The number of hydrogen-bond donors (Lipinski definition) is 3. The molecule has 0 aliphatic heterocycles. The van der Waals surface area contributed by atoms with Gasteiger partial charge in [0.05, 0.1) is 11.1 Å². The Morgan fingerprint density at radius 3 is 1.50 bits per heavy atom. The first kappa shape index (κ1) is 17.4. The lowest BCUT2D eigenvalue weighted by atomic mass is 10.1. The van der Waals surface area contributed by atoms with Gasteiger partial charge in [-0.1, -0.05) is 12.1 Å². The number of carboxylic acid groups (broad SMARTS) is 2. The number of aromatic carboxylic acids is 2. The lowest BCUT2D eigenvalue weighted by Gasteiger charge is -2.13. The van der Waals surface area contributed by atoms with Gasteiger partial charge in [0.2, 0.25) is 0 Å². The maximum Gasteiger partial charge on any atom is 0.336 e. The Hall–Kier alpha value is -2.57. The number of carboxylic acids is 2. The molecule has 0 radical (unpaired) electrons. The summed E-state index contributed by atoms with van der Waals surface area (Å²) < 4.78 is 0. The summed E-state index contributed by atoms with van der Waals surface area (Å²) in [5.74, 6) is -2.46. The van der Waals surface area contributed by atoms with Gasteiger partial charge in [-0.2, -0.15) is 0 Å². The van der Waals surface area contributed by atoms with Crippen molar-refractivity contribution in [1.82, 2.24) is 4.90 Å². The van der Waals surface area contributed by atoms with Crippen LogP contribution in [0.1, 0.15) is 34.6 Å². The van der Waals surface area contributed by atoms with E-state index in [2.05, 4.69) is 0 Å². The minimum atomic E-state index is -1.23. The van der Waals surface area contributed by atoms with Crippen LogP contribution in [-0.4, -0.2) is 46.2 Å². The SMILES string of the molecule is CCN(CC)C(N)=O.O=C(O)c1ccccc1C(=O)O. The van der Waals surface area contributed by atoms with Gasteiger partial charge in [-0.25, -0.2) is 14.4 Å². The average molecular weight is 282 g/mol. The highest BCUT2D eigenvalue weighted by Crippen LogP contribution is 2.07. The summed E-state index contributed by atoms with van der Waals surface area (Å²) in [6, 6.07) is 5.14. The Bertz CT molecular complexity index is 450. The Kier molecular flexibility index (Phi) is 7.42. The summed E-state index contributed by atoms with van der Waals surface area (Å²) in [5, 5.41) is 17.1. The van der Waals surface area contributed by atoms with Crippen molar-refractivity contribution in [3.05, 3.63) is 35.4 Å². The maximum atomic E-state index is 10.5. The van der Waals surface area contributed by atoms with Crippen molar-refractivity contribution in [3.63, 3.8) is 0 Å². The summed E-state index contributed by atoms with van der Waals surface area (Å²) in [4.78, 5) is 32.8. The number of urea groups is 1. The molecule has 7 heteroatoms. The summed E-state index contributed by atoms with van der Waals surface area (Å²) in [7, 11) is 0. The molecule has 0 heterocycles. The van der Waals surface area contributed by atoms with Crippen LogP contribution in [0.5, 0.6) is 0 Å². The van der Waals surface area contributed by atoms with Gasteiger partial charge in [0.25, 0.3) is 0 Å². The zero-order valence-electron chi connectivity index (χ0n) is 11.4. The average Bonchev–Trinajstić information content (AvgIpc) is 2.40. The second-order valence-corrected chi connectivity index (χ2v) is 3.67. The fraction of sp³-hybridized carbons (Fsp3) is 0.308. The number of amides is 2. The molecule has 110 valence electrons. The Balaban J connectivity index is 0.000000396. The van der Waals surface area contributed by atoms with Crippen molar-refractivity contribution in [3.8, 4) is 0 Å². The Morgan fingerprint density at radius 1 is 1.00 bits per heavy atom. The van der Waals surface area contributed by atoms with Crippen molar-refractivity contribution in [1.29, 1.82) is 0 Å². The third-order valence-corrected chi connectivity index (χ3v) is 2.46. The van der Waals surface area contributed by atoms with Gasteiger partial charge in [-0.15, -0.1) is 0 Å². The monoisotopic (exact) mass is 282 g/mol. The predicted octanol–water partition coefficient (Wildman–Crippen LogP) is 1.49. The molecule has 0 aliphatic carbocycles. The molecule has 0 aliphatic rings. The van der Waals surface area contributed by atoms with Crippen molar-refractivity contribution in [2.24, 2.45) is 5.73 Å². The van der Waals surface area contributed by atoms with Crippen molar-refractivity contribution >= 4 is 18.0 Å². The van der Waals surface area contributed by atoms with Crippen LogP contribution in [-0.2, 0) is 0 Å². The largest absolute Gasteiger partial charge is 0.478 e. The van der Waals surface area contributed by atoms with Crippen LogP contribution in [0.3, 0.4) is 0 Å². The summed E-state index contributed by atoms with van der Waals surface area (Å²) in [6.45, 7) is 5.19. The van der Waals surface area contributed by atoms with E-state index >= 15 is 0 Å². The number of benzene rings is 1. The van der Waals surface area contributed by atoms with Crippen LogP contribution in [0, 0.1) is 0 Å². The van der Waals surface area contributed by atoms with E-state index in [0.717, 1.165) is 0 Å². The van der Waals surface area contributed by atoms with E-state index in [1.807, 2.05) is 13.8 Å². The molecule has 0 spiro atoms. The fourth-order valence-corrected chi connectivity index (χ4v) is 1.39. The number of carbonyl (C=O) groups excluding carboxylic acids is 1. The van der Waals surface area contributed by atoms with Crippen LogP contribution in [0.4, 0.5) is 4.79 Å². The molecule has 1 aromatic carbocycles. The third kappa shape index (κ3) is 5.38. The molecule has 0 fully saturated rings. The highest BCUT2D eigenvalue weighted by molar-refractivity contribution is 6.01. The number of nitrogens with two attached hydrogens (primary N) is 1. The van der Waals surface area contributed by atoms with Gasteiger partial charge in [0.15, 0.2) is 0 Å². The van der Waals surface area contributed by atoms with Crippen LogP contribution in [0.15, 0.2) is 24.3 Å². The summed E-state index contributed by atoms with van der Waals surface area (Å²) >= 11 is 0. The molecule has 0 aromatic heterocycles. The first-order valence-corrected chi connectivity index (χ1v) is 5.95. The van der Waals surface area contributed by atoms with E-state index in [9.17, 15) is 14.4 Å². The molecule has 0 unspecified atom stereocenters. The Labute approximate surface area is 116 Å². The highest BCUT2D eigenvalue weighted by Gasteiger charge is 2.13. The lowest BCUT2D eigenvalue weighted by Crippen LogP contribution is -2.35. The van der Waals surface area contributed by atoms with Gasteiger partial charge in [0.1, 0.15) is 0 Å². The number of primary amides is 1. The molecule has 2 amide bonds. The van der Waals surface area contributed by atoms with Gasteiger partial charge in [-0.05, 0) is 26.0 Å². The normalized spacial score (nSPS) is 9.10. The van der Waals surface area contributed by atoms with Crippen molar-refractivity contribution in [2.45, 2.75) is 13.8 Å². The standard InChI is InChI=1S/C8H6O4.C5H12N2O/c9-7(10)5-3-1-2-4-6(5)8(11)12;1-3-7(4-2)5(6)8/h1-4H,(H,9,10)(H,11,12);3-4H2,1-2H3,(H2,6,8). The molecule has 4 N–H and O–H groups in total. The van der Waals surface area contributed by atoms with Crippen molar-refractivity contribution < 1.29 is 24.6 Å². The summed E-state index contributed by atoms with van der Waals surface area (Å²) in [6.07, 6.45) is 0. The molecule has 7 nitrogen and oxygen atoms in total. The highest BCUT2D eigenvalue weighted by atomic mass is 16.4. The van der Waals surface area contributed by atoms with Crippen LogP contribution < -0.4 is 5.73 Å². The number of nitrogens with zero attached hydrogens (tertiary/aromatic N) is 1. The van der Waals surface area contributed by atoms with Crippen LogP contribution in [0.2, 0.25) is 0 Å². The van der Waals surface area contributed by atoms with Gasteiger partial charge in [0, 0.05) is 13.1 Å². The van der Waals surface area contributed by atoms with E-state index in [4.69, 9.17) is 15.9 Å². The molecular formula is C13H18N2O5. The molecule has 0 atom stereocenters. The van der Waals surface area contributed by atoms with Crippen molar-refractivity contribution in [2.75, 3.05) is 13.1 Å². The van der Waals surface area contributed by atoms with Crippen LogP contribution >= 0.6 is 0 Å². The van der Waals surface area contributed by atoms with E-state index < -0.39 is 11.9 Å². The molecule has 20 heavy (non-hydrogen) atoms. The van der Waals surface area contributed by atoms with Crippen LogP contribution in [0.25, 0.3) is 0 Å². The summed E-state index contributed by atoms with van der Waals surface area (Å²) in [5.41, 5.74) is 4.57. The fourth-order valence-electron chi connectivity index (χ4n) is 1.39. The quantitative estimate of drug-likeness (QED) is 0.772. The third-order valence-electron chi connectivity index (χ3n) is 2.46. The molecule has 0 saturated carbocycles. The second kappa shape index (κ2) is 8.52. The number of hydrogen-bond acceptors (Lipinski definition) is 3. The lowest BCUT2D eigenvalue weighted by molar-refractivity contribution is 0.0651. The first-order valence-electron chi connectivity index (χ1n) is 5.95. The zero-order chi connectivity index (χ0) is 15.7. The molecule has 0 bridgehead atoms. The second-order valence-electron chi connectivity index (χ2n) is 3.67. The maximum absolute atomic E-state index is 10.5. The zero-order valence-corrected chi connectivity index (χ0v) is 11.4. The molecular weight excluding hydrogens is 264 g/mol. The molecule has 1 aromatic rings. The molecule has 1 rings (SSSR count). The smallest absolute Gasteiger partial charge is 0.336 e.